The molecule has 0 N–H and O–H groups in total. The van der Waals surface area contributed by atoms with Crippen molar-refractivity contribution in [2.24, 2.45) is 0 Å². The number of ketones is 1. The van der Waals surface area contributed by atoms with E-state index < -0.39 is 0 Å². The van der Waals surface area contributed by atoms with E-state index in [1.165, 1.54) is 6.08 Å². The molecular weight excluding hydrogens is 268 g/mol. The molecule has 0 aromatic heterocycles. The van der Waals surface area contributed by atoms with Gasteiger partial charge in [-0.05, 0) is 42.5 Å². The number of allylic oxidation sites excluding steroid dienone is 1. The average Bonchev–Trinajstić information content (AvgIpc) is 3.02. The summed E-state index contributed by atoms with van der Waals surface area (Å²) in [6, 6.07) is 12.6. The zero-order chi connectivity index (χ0) is 14.7. The van der Waals surface area contributed by atoms with Crippen molar-refractivity contribution in [3.05, 3.63) is 59.7 Å². The Hall–Kier alpha value is -2.75. The third-order valence-electron chi connectivity index (χ3n) is 3.22. The molecule has 4 heteroatoms. The van der Waals surface area contributed by atoms with Crippen LogP contribution in [0.25, 0.3) is 6.08 Å². The number of hydrogen-bond acceptors (Lipinski definition) is 4. The van der Waals surface area contributed by atoms with Crippen molar-refractivity contribution in [1.29, 1.82) is 0 Å². The molecule has 0 bridgehead atoms. The number of carbonyl (C=O) groups is 1. The van der Waals surface area contributed by atoms with Gasteiger partial charge in [0.15, 0.2) is 17.3 Å². The Bertz CT molecular complexity index is 686. The van der Waals surface area contributed by atoms with Crippen LogP contribution in [-0.4, -0.2) is 19.7 Å². The van der Waals surface area contributed by atoms with E-state index in [9.17, 15) is 4.79 Å². The maximum Gasteiger partial charge on any atom is 0.231 e. The number of benzene rings is 2. The van der Waals surface area contributed by atoms with E-state index in [1.807, 2.05) is 18.2 Å². The number of ether oxygens (including phenoxy) is 3. The lowest BCUT2D eigenvalue weighted by Crippen LogP contribution is -1.95. The molecule has 0 saturated carbocycles. The lowest BCUT2D eigenvalue weighted by atomic mass is 10.1. The number of rotatable bonds is 4. The van der Waals surface area contributed by atoms with Crippen molar-refractivity contribution >= 4 is 11.9 Å². The highest BCUT2D eigenvalue weighted by molar-refractivity contribution is 6.07. The van der Waals surface area contributed by atoms with Gasteiger partial charge in [-0.2, -0.15) is 0 Å². The Morgan fingerprint density at radius 1 is 1.14 bits per heavy atom. The minimum atomic E-state index is -0.0748. The van der Waals surface area contributed by atoms with Crippen LogP contribution in [0, 0.1) is 0 Å². The van der Waals surface area contributed by atoms with Crippen molar-refractivity contribution in [1.82, 2.24) is 0 Å². The molecular formula is C17H14O4. The summed E-state index contributed by atoms with van der Waals surface area (Å²) in [6.07, 6.45) is 3.26. The van der Waals surface area contributed by atoms with Crippen molar-refractivity contribution in [3.8, 4) is 17.2 Å². The molecule has 4 nitrogen and oxygen atoms in total. The quantitative estimate of drug-likeness (QED) is 0.637. The van der Waals surface area contributed by atoms with E-state index in [4.69, 9.17) is 14.2 Å². The van der Waals surface area contributed by atoms with Gasteiger partial charge in [0.25, 0.3) is 0 Å². The Labute approximate surface area is 122 Å². The van der Waals surface area contributed by atoms with Crippen LogP contribution in [0.2, 0.25) is 0 Å². The van der Waals surface area contributed by atoms with Crippen molar-refractivity contribution < 1.29 is 19.0 Å². The fourth-order valence-electron chi connectivity index (χ4n) is 2.10. The topological polar surface area (TPSA) is 44.8 Å². The second-order valence-corrected chi connectivity index (χ2v) is 4.51. The highest BCUT2D eigenvalue weighted by Gasteiger charge is 2.15. The number of methoxy groups -OCH3 is 1. The lowest BCUT2D eigenvalue weighted by molar-refractivity contribution is 0.104. The zero-order valence-corrected chi connectivity index (χ0v) is 11.5. The fourth-order valence-corrected chi connectivity index (χ4v) is 2.10. The van der Waals surface area contributed by atoms with Crippen LogP contribution in [0.1, 0.15) is 15.9 Å². The summed E-state index contributed by atoms with van der Waals surface area (Å²) in [6.45, 7) is 0.215. The molecule has 3 rings (SSSR count). The molecule has 1 heterocycles. The standard InChI is InChI=1S/C17H14O4/c1-19-14-8-5-12(6-9-14)15(18)10-7-13-3-2-4-16-17(13)21-11-20-16/h2-10H,11H2,1H3. The molecule has 0 atom stereocenters. The maximum atomic E-state index is 12.1. The van der Waals surface area contributed by atoms with E-state index in [2.05, 4.69) is 0 Å². The second-order valence-electron chi connectivity index (χ2n) is 4.51. The van der Waals surface area contributed by atoms with E-state index >= 15 is 0 Å². The predicted molar refractivity (Wildman–Crippen MR) is 78.9 cm³/mol. The van der Waals surface area contributed by atoms with Gasteiger partial charge in [-0.3, -0.25) is 4.79 Å². The highest BCUT2D eigenvalue weighted by atomic mass is 16.7. The SMILES string of the molecule is COc1ccc(C(=O)C=Cc2cccc3c2OCO3)cc1. The van der Waals surface area contributed by atoms with Gasteiger partial charge in [-0.1, -0.05) is 12.1 Å². The van der Waals surface area contributed by atoms with Gasteiger partial charge >= 0.3 is 0 Å². The Morgan fingerprint density at radius 3 is 2.71 bits per heavy atom. The fraction of sp³-hybridized carbons (Fsp3) is 0.118. The molecule has 1 aliphatic heterocycles. The van der Waals surface area contributed by atoms with Crippen LogP contribution in [0.3, 0.4) is 0 Å². The molecule has 2 aromatic rings. The Kier molecular flexibility index (Phi) is 3.60. The van der Waals surface area contributed by atoms with E-state index in [0.29, 0.717) is 17.1 Å². The van der Waals surface area contributed by atoms with Gasteiger partial charge < -0.3 is 14.2 Å². The first-order valence-corrected chi connectivity index (χ1v) is 6.53. The van der Waals surface area contributed by atoms with Crippen molar-refractivity contribution in [2.45, 2.75) is 0 Å². The number of para-hydroxylation sites is 1. The van der Waals surface area contributed by atoms with Crippen LogP contribution < -0.4 is 14.2 Å². The summed E-state index contributed by atoms with van der Waals surface area (Å²) < 4.78 is 15.8. The van der Waals surface area contributed by atoms with E-state index in [0.717, 1.165) is 11.3 Å². The highest BCUT2D eigenvalue weighted by Crippen LogP contribution is 2.35. The van der Waals surface area contributed by atoms with E-state index in [-0.39, 0.29) is 12.6 Å². The molecule has 0 aliphatic carbocycles. The summed E-state index contributed by atoms with van der Waals surface area (Å²) >= 11 is 0. The van der Waals surface area contributed by atoms with Gasteiger partial charge in [0.1, 0.15) is 5.75 Å². The molecule has 106 valence electrons. The van der Waals surface area contributed by atoms with Crippen LogP contribution in [0.15, 0.2) is 48.5 Å². The van der Waals surface area contributed by atoms with Gasteiger partial charge in [-0.15, -0.1) is 0 Å². The minimum absolute atomic E-state index is 0.0748. The zero-order valence-electron chi connectivity index (χ0n) is 11.5. The number of carbonyl (C=O) groups excluding carboxylic acids is 1. The van der Waals surface area contributed by atoms with Gasteiger partial charge in [-0.25, -0.2) is 0 Å². The molecule has 0 fully saturated rings. The largest absolute Gasteiger partial charge is 0.497 e. The smallest absolute Gasteiger partial charge is 0.231 e. The molecule has 0 radical (unpaired) electrons. The minimum Gasteiger partial charge on any atom is -0.497 e. The first-order chi connectivity index (χ1) is 10.3. The molecule has 2 aromatic carbocycles. The number of fused-ring (bicyclic) bond motifs is 1. The third-order valence-corrected chi connectivity index (χ3v) is 3.22. The molecule has 0 unspecified atom stereocenters. The van der Waals surface area contributed by atoms with Crippen LogP contribution in [-0.2, 0) is 0 Å². The molecule has 0 amide bonds. The summed E-state index contributed by atoms with van der Waals surface area (Å²) in [5.74, 6) is 2.03. The summed E-state index contributed by atoms with van der Waals surface area (Å²) in [5.41, 5.74) is 1.43. The molecule has 0 saturated heterocycles. The Morgan fingerprint density at radius 2 is 1.95 bits per heavy atom. The Balaban J connectivity index is 1.79. The van der Waals surface area contributed by atoms with Gasteiger partial charge in [0.05, 0.1) is 7.11 Å². The molecule has 21 heavy (non-hydrogen) atoms. The first kappa shape index (κ1) is 13.2. The monoisotopic (exact) mass is 282 g/mol. The average molecular weight is 282 g/mol. The molecule has 1 aliphatic rings. The van der Waals surface area contributed by atoms with Crippen LogP contribution in [0.4, 0.5) is 0 Å². The molecule has 0 spiro atoms. The summed E-state index contributed by atoms with van der Waals surface area (Å²) in [4.78, 5) is 12.1. The van der Waals surface area contributed by atoms with Crippen LogP contribution >= 0.6 is 0 Å². The van der Waals surface area contributed by atoms with E-state index in [1.54, 1.807) is 37.5 Å². The first-order valence-electron chi connectivity index (χ1n) is 6.53. The second kappa shape index (κ2) is 5.71. The van der Waals surface area contributed by atoms with Crippen LogP contribution in [0.5, 0.6) is 17.2 Å². The lowest BCUT2D eigenvalue weighted by Gasteiger charge is -2.01. The van der Waals surface area contributed by atoms with Gasteiger partial charge in [0.2, 0.25) is 6.79 Å². The summed E-state index contributed by atoms with van der Waals surface area (Å²) in [5, 5.41) is 0. The van der Waals surface area contributed by atoms with Crippen molar-refractivity contribution in [2.75, 3.05) is 13.9 Å². The maximum absolute atomic E-state index is 12.1. The number of hydrogen-bond donors (Lipinski definition) is 0. The predicted octanol–water partition coefficient (Wildman–Crippen LogP) is 3.32. The van der Waals surface area contributed by atoms with Gasteiger partial charge in [0, 0.05) is 11.1 Å². The third kappa shape index (κ3) is 2.74. The van der Waals surface area contributed by atoms with Crippen molar-refractivity contribution in [3.63, 3.8) is 0 Å². The summed E-state index contributed by atoms with van der Waals surface area (Å²) in [7, 11) is 1.59. The normalized spacial score (nSPS) is 12.6.